The molecular weight excluding hydrogens is 438 g/mol. The number of hydrogen-bond acceptors (Lipinski definition) is 6. The average molecular weight is 460 g/mol. The summed E-state index contributed by atoms with van der Waals surface area (Å²) in [6, 6.07) is 21.2. The highest BCUT2D eigenvalue weighted by molar-refractivity contribution is 5.96. The second-order valence-corrected chi connectivity index (χ2v) is 8.25. The smallest absolute Gasteiger partial charge is 0.263 e. The summed E-state index contributed by atoms with van der Waals surface area (Å²) < 4.78 is 1.77. The first-order valence-corrected chi connectivity index (χ1v) is 11.3. The van der Waals surface area contributed by atoms with Crippen molar-refractivity contribution in [2.45, 2.75) is 13.0 Å². The van der Waals surface area contributed by atoms with Gasteiger partial charge >= 0.3 is 0 Å². The van der Waals surface area contributed by atoms with Crippen molar-refractivity contribution in [3.05, 3.63) is 108 Å². The Morgan fingerprint density at radius 3 is 2.69 bits per heavy atom. The lowest BCUT2D eigenvalue weighted by Crippen LogP contribution is -2.26. The van der Waals surface area contributed by atoms with Crippen LogP contribution in [0.1, 0.15) is 18.7 Å². The Morgan fingerprint density at radius 2 is 1.86 bits per heavy atom. The molecule has 4 heterocycles. The van der Waals surface area contributed by atoms with Crippen LogP contribution in [-0.4, -0.2) is 29.5 Å². The summed E-state index contributed by atoms with van der Waals surface area (Å²) in [7, 11) is 0. The van der Waals surface area contributed by atoms with Crippen LogP contribution in [0.5, 0.6) is 0 Å². The molecule has 0 aliphatic carbocycles. The maximum Gasteiger partial charge on any atom is 0.263 e. The standard InChI is InChI=1S/C27H21N7O/c1-17(33-26-24-25(30-15-29-24)31-16-32-26)22-13-18-7-5-11-21(19-8-6-12-28-14-19)23(18)27(35)34(22)20-9-3-2-4-10-20/h2-17H,1H3,(H2,29,30,31,32,33). The minimum atomic E-state index is -0.254. The summed E-state index contributed by atoms with van der Waals surface area (Å²) in [6.07, 6.45) is 6.57. The fourth-order valence-electron chi connectivity index (χ4n) is 4.46. The third-order valence-electron chi connectivity index (χ3n) is 6.08. The van der Waals surface area contributed by atoms with E-state index in [1.54, 1.807) is 23.3 Å². The molecule has 0 spiro atoms. The van der Waals surface area contributed by atoms with Crippen LogP contribution in [-0.2, 0) is 0 Å². The zero-order chi connectivity index (χ0) is 23.8. The molecule has 0 radical (unpaired) electrons. The monoisotopic (exact) mass is 459 g/mol. The van der Waals surface area contributed by atoms with E-state index in [0.29, 0.717) is 22.4 Å². The number of pyridine rings is 2. The van der Waals surface area contributed by atoms with Crippen molar-refractivity contribution >= 4 is 27.8 Å². The number of hydrogen-bond donors (Lipinski definition) is 2. The molecular formula is C27H21N7O. The van der Waals surface area contributed by atoms with Crippen LogP contribution in [0, 0.1) is 0 Å². The van der Waals surface area contributed by atoms with E-state index in [-0.39, 0.29) is 11.6 Å². The lowest BCUT2D eigenvalue weighted by molar-refractivity contribution is 0.774. The highest BCUT2D eigenvalue weighted by atomic mass is 16.1. The molecule has 8 nitrogen and oxygen atoms in total. The van der Waals surface area contributed by atoms with E-state index < -0.39 is 0 Å². The van der Waals surface area contributed by atoms with Crippen LogP contribution in [0.3, 0.4) is 0 Å². The number of aromatic amines is 1. The van der Waals surface area contributed by atoms with Gasteiger partial charge < -0.3 is 10.3 Å². The molecule has 4 aromatic heterocycles. The number of H-pyrrole nitrogens is 1. The Bertz CT molecular complexity index is 1710. The third-order valence-corrected chi connectivity index (χ3v) is 6.08. The summed E-state index contributed by atoms with van der Waals surface area (Å²) in [5, 5.41) is 4.96. The number of fused-ring (bicyclic) bond motifs is 2. The number of anilines is 1. The first kappa shape index (κ1) is 20.7. The van der Waals surface area contributed by atoms with Gasteiger partial charge in [0.15, 0.2) is 11.5 Å². The third kappa shape index (κ3) is 3.61. The zero-order valence-corrected chi connectivity index (χ0v) is 18.9. The van der Waals surface area contributed by atoms with Gasteiger partial charge in [0.1, 0.15) is 11.8 Å². The maximum atomic E-state index is 14.1. The largest absolute Gasteiger partial charge is 0.360 e. The summed E-state index contributed by atoms with van der Waals surface area (Å²) in [5.41, 5.74) is 4.55. The second-order valence-electron chi connectivity index (χ2n) is 8.25. The normalized spacial score (nSPS) is 12.1. The Kier molecular flexibility index (Phi) is 5.03. The van der Waals surface area contributed by atoms with Gasteiger partial charge in [0.2, 0.25) is 0 Å². The number of nitrogens with one attached hydrogen (secondary N) is 2. The van der Waals surface area contributed by atoms with Crippen LogP contribution < -0.4 is 10.9 Å². The van der Waals surface area contributed by atoms with Crippen molar-refractivity contribution in [2.75, 3.05) is 5.32 Å². The van der Waals surface area contributed by atoms with Crippen molar-refractivity contribution < 1.29 is 0 Å². The van der Waals surface area contributed by atoms with Crippen molar-refractivity contribution in [3.8, 4) is 16.8 Å². The van der Waals surface area contributed by atoms with Crippen LogP contribution in [0.15, 0.2) is 96.6 Å². The van der Waals surface area contributed by atoms with E-state index in [9.17, 15) is 4.79 Å². The number of rotatable bonds is 5. The minimum Gasteiger partial charge on any atom is -0.360 e. The highest BCUT2D eigenvalue weighted by Crippen LogP contribution is 2.30. The van der Waals surface area contributed by atoms with Crippen LogP contribution in [0.4, 0.5) is 5.82 Å². The molecule has 2 aromatic carbocycles. The molecule has 2 N–H and O–H groups in total. The minimum absolute atomic E-state index is 0.0915. The van der Waals surface area contributed by atoms with Crippen molar-refractivity contribution in [1.82, 2.24) is 29.5 Å². The average Bonchev–Trinajstić information content (AvgIpc) is 3.39. The number of benzene rings is 2. The molecule has 8 heteroatoms. The fourth-order valence-corrected chi connectivity index (χ4v) is 4.46. The molecule has 0 saturated carbocycles. The summed E-state index contributed by atoms with van der Waals surface area (Å²) in [6.45, 7) is 2.01. The lowest BCUT2D eigenvalue weighted by atomic mass is 9.99. The molecule has 170 valence electrons. The number of para-hydroxylation sites is 1. The Hall–Kier alpha value is -4.85. The van der Waals surface area contributed by atoms with Gasteiger partial charge in [-0.1, -0.05) is 42.5 Å². The van der Waals surface area contributed by atoms with Crippen molar-refractivity contribution in [3.63, 3.8) is 0 Å². The maximum absolute atomic E-state index is 14.1. The van der Waals surface area contributed by atoms with Crippen LogP contribution >= 0.6 is 0 Å². The SMILES string of the molecule is CC(Nc1ncnc2nc[nH]c12)c1cc2cccc(-c3cccnc3)c2c(=O)n1-c1ccccc1. The predicted molar refractivity (Wildman–Crippen MR) is 136 cm³/mol. The first-order valence-electron chi connectivity index (χ1n) is 11.3. The van der Waals surface area contributed by atoms with E-state index in [2.05, 4.69) is 36.3 Å². The van der Waals surface area contributed by atoms with E-state index in [0.717, 1.165) is 27.9 Å². The predicted octanol–water partition coefficient (Wildman–Crippen LogP) is 4.89. The van der Waals surface area contributed by atoms with Crippen LogP contribution in [0.2, 0.25) is 0 Å². The van der Waals surface area contributed by atoms with Gasteiger partial charge in [-0.2, -0.15) is 0 Å². The molecule has 6 aromatic rings. The van der Waals surface area contributed by atoms with E-state index in [1.807, 2.05) is 67.6 Å². The summed E-state index contributed by atoms with van der Waals surface area (Å²) in [5.74, 6) is 0.622. The zero-order valence-electron chi connectivity index (χ0n) is 18.9. The number of imidazole rings is 1. The van der Waals surface area contributed by atoms with E-state index in [1.165, 1.54) is 6.33 Å². The first-order chi connectivity index (χ1) is 17.2. The van der Waals surface area contributed by atoms with E-state index >= 15 is 0 Å². The second kappa shape index (κ2) is 8.49. The van der Waals surface area contributed by atoms with Gasteiger partial charge in [-0.3, -0.25) is 14.3 Å². The summed E-state index contributed by atoms with van der Waals surface area (Å²) in [4.78, 5) is 34.3. The molecule has 0 aliphatic heterocycles. The Morgan fingerprint density at radius 1 is 0.971 bits per heavy atom. The molecule has 0 aliphatic rings. The van der Waals surface area contributed by atoms with Crippen LogP contribution in [0.25, 0.3) is 38.8 Å². The Balaban J connectivity index is 1.58. The molecule has 0 fully saturated rings. The van der Waals surface area contributed by atoms with Gasteiger partial charge in [-0.05, 0) is 42.1 Å². The quantitative estimate of drug-likeness (QED) is 0.381. The van der Waals surface area contributed by atoms with Gasteiger partial charge in [-0.25, -0.2) is 15.0 Å². The topological polar surface area (TPSA) is 101 Å². The van der Waals surface area contributed by atoms with Gasteiger partial charge in [0, 0.05) is 29.3 Å². The molecule has 1 unspecified atom stereocenters. The molecule has 35 heavy (non-hydrogen) atoms. The van der Waals surface area contributed by atoms with Gasteiger partial charge in [0.25, 0.3) is 5.56 Å². The molecule has 1 atom stereocenters. The van der Waals surface area contributed by atoms with Crippen molar-refractivity contribution in [1.29, 1.82) is 0 Å². The summed E-state index contributed by atoms with van der Waals surface area (Å²) >= 11 is 0. The fraction of sp³-hybridized carbons (Fsp3) is 0.0741. The lowest BCUT2D eigenvalue weighted by Gasteiger charge is -2.22. The van der Waals surface area contributed by atoms with Gasteiger partial charge in [0.05, 0.1) is 17.8 Å². The van der Waals surface area contributed by atoms with Crippen molar-refractivity contribution in [2.24, 2.45) is 0 Å². The molecule has 0 amide bonds. The van der Waals surface area contributed by atoms with E-state index in [4.69, 9.17) is 0 Å². The van der Waals surface area contributed by atoms with Gasteiger partial charge in [-0.15, -0.1) is 0 Å². The molecule has 6 rings (SSSR count). The number of nitrogens with zero attached hydrogens (tertiary/aromatic N) is 5. The highest BCUT2D eigenvalue weighted by Gasteiger charge is 2.20. The number of aromatic nitrogens is 6. The molecule has 0 saturated heterocycles. The Labute approximate surface area is 200 Å². The molecule has 0 bridgehead atoms.